The highest BCUT2D eigenvalue weighted by Gasteiger charge is 2.25. The minimum atomic E-state index is -3.67. The molecular formula is C22H27N3O4S. The summed E-state index contributed by atoms with van der Waals surface area (Å²) in [7, 11) is -3.67. The van der Waals surface area contributed by atoms with Crippen molar-refractivity contribution in [2.45, 2.75) is 44.6 Å². The molecule has 0 heterocycles. The van der Waals surface area contributed by atoms with E-state index in [0.717, 1.165) is 12.8 Å². The van der Waals surface area contributed by atoms with Crippen molar-refractivity contribution in [3.8, 4) is 0 Å². The van der Waals surface area contributed by atoms with Crippen molar-refractivity contribution in [3.05, 3.63) is 59.2 Å². The van der Waals surface area contributed by atoms with E-state index in [9.17, 15) is 18.0 Å². The lowest BCUT2D eigenvalue weighted by Gasteiger charge is -2.20. The Hall–Kier alpha value is -2.71. The first-order valence-corrected chi connectivity index (χ1v) is 11.5. The Balaban J connectivity index is 1.76. The summed E-state index contributed by atoms with van der Waals surface area (Å²) in [6.07, 6.45) is 2.03. The molecule has 160 valence electrons. The number of hydrogen-bond acceptors (Lipinski definition) is 4. The second-order valence-electron chi connectivity index (χ2n) is 7.35. The van der Waals surface area contributed by atoms with Crippen LogP contribution in [0, 0.1) is 6.92 Å². The number of carbonyl (C=O) groups excluding carboxylic acids is 2. The molecule has 2 aromatic carbocycles. The number of amides is 2. The summed E-state index contributed by atoms with van der Waals surface area (Å²) >= 11 is 0. The van der Waals surface area contributed by atoms with Gasteiger partial charge in [0.05, 0.1) is 4.90 Å². The van der Waals surface area contributed by atoms with E-state index in [0.29, 0.717) is 29.9 Å². The van der Waals surface area contributed by atoms with Crippen LogP contribution in [0.2, 0.25) is 0 Å². The summed E-state index contributed by atoms with van der Waals surface area (Å²) < 4.78 is 27.1. The summed E-state index contributed by atoms with van der Waals surface area (Å²) in [6, 6.07) is 11.5. The number of anilines is 1. The van der Waals surface area contributed by atoms with Gasteiger partial charge in [0.15, 0.2) is 0 Å². The molecule has 2 amide bonds. The van der Waals surface area contributed by atoms with Gasteiger partial charge in [-0.15, -0.1) is 0 Å². The minimum absolute atomic E-state index is 0.125. The summed E-state index contributed by atoms with van der Waals surface area (Å²) in [4.78, 5) is 24.9. The number of benzene rings is 2. The van der Waals surface area contributed by atoms with Gasteiger partial charge in [-0.1, -0.05) is 19.9 Å². The number of nitrogens with zero attached hydrogens (tertiary/aromatic N) is 1. The van der Waals surface area contributed by atoms with E-state index >= 15 is 0 Å². The average Bonchev–Trinajstić information content (AvgIpc) is 3.53. The van der Waals surface area contributed by atoms with Gasteiger partial charge >= 0.3 is 0 Å². The Morgan fingerprint density at radius 2 is 1.57 bits per heavy atom. The lowest BCUT2D eigenvalue weighted by molar-refractivity contribution is 0.0950. The van der Waals surface area contributed by atoms with Crippen LogP contribution in [0.3, 0.4) is 0 Å². The maximum Gasteiger partial charge on any atom is 0.255 e. The maximum absolute atomic E-state index is 12.9. The van der Waals surface area contributed by atoms with E-state index < -0.39 is 15.9 Å². The second kappa shape index (κ2) is 8.97. The zero-order chi connectivity index (χ0) is 21.9. The molecule has 0 atom stereocenters. The fourth-order valence-electron chi connectivity index (χ4n) is 3.13. The van der Waals surface area contributed by atoms with Gasteiger partial charge < -0.3 is 10.6 Å². The molecule has 0 bridgehead atoms. The van der Waals surface area contributed by atoms with E-state index in [4.69, 9.17) is 0 Å². The normalized spacial score (nSPS) is 13.9. The quantitative estimate of drug-likeness (QED) is 0.674. The van der Waals surface area contributed by atoms with Crippen LogP contribution in [-0.2, 0) is 10.0 Å². The third-order valence-electron chi connectivity index (χ3n) is 5.09. The number of aryl methyl sites for hydroxylation is 1. The zero-order valence-electron chi connectivity index (χ0n) is 17.4. The molecule has 0 spiro atoms. The predicted octanol–water partition coefficient (Wildman–Crippen LogP) is 3.17. The lowest BCUT2D eigenvalue weighted by atomic mass is 10.1. The fourth-order valence-corrected chi connectivity index (χ4v) is 4.84. The Kier molecular flexibility index (Phi) is 6.58. The smallest absolute Gasteiger partial charge is 0.255 e. The monoisotopic (exact) mass is 429 g/mol. The molecular weight excluding hydrogens is 402 g/mol. The highest BCUT2D eigenvalue weighted by molar-refractivity contribution is 7.89. The molecule has 2 N–H and O–H groups in total. The van der Waals surface area contributed by atoms with Gasteiger partial charge in [0.2, 0.25) is 10.0 Å². The van der Waals surface area contributed by atoms with Crippen molar-refractivity contribution in [1.29, 1.82) is 0 Å². The summed E-state index contributed by atoms with van der Waals surface area (Å²) in [5, 5.41) is 5.67. The molecule has 1 saturated carbocycles. The van der Waals surface area contributed by atoms with Crippen molar-refractivity contribution in [2.24, 2.45) is 0 Å². The van der Waals surface area contributed by atoms with Crippen molar-refractivity contribution in [2.75, 3.05) is 18.4 Å². The highest BCUT2D eigenvalue weighted by atomic mass is 32.2. The molecule has 7 nitrogen and oxygen atoms in total. The standard InChI is InChI=1S/C22H27N3O4S/c1-4-25(5-2)30(28,29)20-14-17(7-6-15(20)3)22(27)24-18-10-8-16(9-11-18)21(26)23-19-12-13-19/h6-11,14,19H,4-5,12-13H2,1-3H3,(H,23,26)(H,24,27). The van der Waals surface area contributed by atoms with Crippen molar-refractivity contribution < 1.29 is 18.0 Å². The minimum Gasteiger partial charge on any atom is -0.349 e. The highest BCUT2D eigenvalue weighted by Crippen LogP contribution is 2.23. The summed E-state index contributed by atoms with van der Waals surface area (Å²) in [5.74, 6) is -0.540. The van der Waals surface area contributed by atoms with Crippen molar-refractivity contribution in [1.82, 2.24) is 9.62 Å². The van der Waals surface area contributed by atoms with E-state index in [1.165, 1.54) is 10.4 Å². The average molecular weight is 430 g/mol. The van der Waals surface area contributed by atoms with Crippen LogP contribution in [0.5, 0.6) is 0 Å². The molecule has 8 heteroatoms. The van der Waals surface area contributed by atoms with Crippen molar-refractivity contribution in [3.63, 3.8) is 0 Å². The third-order valence-corrected chi connectivity index (χ3v) is 7.28. The summed E-state index contributed by atoms with van der Waals surface area (Å²) in [6.45, 7) is 5.98. The lowest BCUT2D eigenvalue weighted by Crippen LogP contribution is -2.31. The number of rotatable bonds is 8. The maximum atomic E-state index is 12.9. The number of nitrogens with one attached hydrogen (secondary N) is 2. The van der Waals surface area contributed by atoms with Crippen LogP contribution >= 0.6 is 0 Å². The molecule has 0 radical (unpaired) electrons. The van der Waals surface area contributed by atoms with Gasteiger partial charge in [0, 0.05) is 35.9 Å². The first-order valence-electron chi connectivity index (χ1n) is 10.1. The molecule has 0 saturated heterocycles. The molecule has 1 aliphatic rings. The van der Waals surface area contributed by atoms with Gasteiger partial charge in [0.1, 0.15) is 0 Å². The zero-order valence-corrected chi connectivity index (χ0v) is 18.3. The van der Waals surface area contributed by atoms with Gasteiger partial charge in [-0.25, -0.2) is 8.42 Å². The number of carbonyl (C=O) groups is 2. The van der Waals surface area contributed by atoms with E-state index in [1.807, 2.05) is 0 Å². The topological polar surface area (TPSA) is 95.6 Å². The molecule has 30 heavy (non-hydrogen) atoms. The predicted molar refractivity (Wildman–Crippen MR) is 116 cm³/mol. The third kappa shape index (κ3) is 4.88. The molecule has 1 aliphatic carbocycles. The molecule has 0 aliphatic heterocycles. The van der Waals surface area contributed by atoms with E-state index in [1.54, 1.807) is 57.2 Å². The van der Waals surface area contributed by atoms with Crippen LogP contribution < -0.4 is 10.6 Å². The van der Waals surface area contributed by atoms with Crippen LogP contribution in [0.25, 0.3) is 0 Å². The molecule has 0 aromatic heterocycles. The summed E-state index contributed by atoms with van der Waals surface area (Å²) in [5.41, 5.74) is 1.89. The largest absolute Gasteiger partial charge is 0.349 e. The van der Waals surface area contributed by atoms with E-state index in [-0.39, 0.29) is 22.4 Å². The van der Waals surface area contributed by atoms with Gasteiger partial charge in [-0.05, 0) is 61.7 Å². The number of sulfonamides is 1. The first-order chi connectivity index (χ1) is 14.3. The molecule has 0 unspecified atom stereocenters. The molecule has 1 fully saturated rings. The van der Waals surface area contributed by atoms with Gasteiger partial charge in [0.25, 0.3) is 11.8 Å². The van der Waals surface area contributed by atoms with Crippen LogP contribution in [0.4, 0.5) is 5.69 Å². The fraction of sp³-hybridized carbons (Fsp3) is 0.364. The SMILES string of the molecule is CCN(CC)S(=O)(=O)c1cc(C(=O)Nc2ccc(C(=O)NC3CC3)cc2)ccc1C. The van der Waals surface area contributed by atoms with Crippen LogP contribution in [0.1, 0.15) is 53.0 Å². The molecule has 2 aromatic rings. The molecule has 3 rings (SSSR count). The van der Waals surface area contributed by atoms with Crippen LogP contribution in [-0.4, -0.2) is 43.7 Å². The van der Waals surface area contributed by atoms with Crippen LogP contribution in [0.15, 0.2) is 47.4 Å². The van der Waals surface area contributed by atoms with Crippen molar-refractivity contribution >= 4 is 27.5 Å². The Morgan fingerprint density at radius 1 is 0.967 bits per heavy atom. The Morgan fingerprint density at radius 3 is 2.13 bits per heavy atom. The van der Waals surface area contributed by atoms with Gasteiger partial charge in [-0.3, -0.25) is 9.59 Å². The van der Waals surface area contributed by atoms with Gasteiger partial charge in [-0.2, -0.15) is 4.31 Å². The first kappa shape index (κ1) is 22.0. The van der Waals surface area contributed by atoms with E-state index in [2.05, 4.69) is 10.6 Å². The second-order valence-corrected chi connectivity index (χ2v) is 9.26. The number of hydrogen-bond donors (Lipinski definition) is 2. The Bertz CT molecular complexity index is 1040. The Labute approximate surface area is 177 Å².